The van der Waals surface area contributed by atoms with Crippen molar-refractivity contribution in [3.63, 3.8) is 0 Å². The highest BCUT2D eigenvalue weighted by Crippen LogP contribution is 2.33. The molecule has 0 spiro atoms. The number of halogens is 4. The number of nitrogens with zero attached hydrogens (tertiary/aromatic N) is 5. The Morgan fingerprint density at radius 3 is 2.48 bits per heavy atom. The monoisotopic (exact) mass is 462 g/mol. The van der Waals surface area contributed by atoms with Crippen molar-refractivity contribution in [3.05, 3.63) is 59.2 Å². The first-order valence-electron chi connectivity index (χ1n) is 10.5. The van der Waals surface area contributed by atoms with Gasteiger partial charge in [-0.15, -0.1) is 10.2 Å². The molecule has 0 saturated carbocycles. The van der Waals surface area contributed by atoms with E-state index >= 15 is 0 Å². The molecule has 1 fully saturated rings. The SMILES string of the molecule is CCCc1cnc(-c2ccc(N3CCN(C(=O)c4cc(F)ccc4C(F)(F)F)CC3)nn2)[nH]1. The van der Waals surface area contributed by atoms with E-state index in [-0.39, 0.29) is 13.1 Å². The summed E-state index contributed by atoms with van der Waals surface area (Å²) >= 11 is 0. The molecular formula is C22H22F4N6O. The maximum absolute atomic E-state index is 13.6. The molecule has 0 radical (unpaired) electrons. The minimum absolute atomic E-state index is 0.175. The Balaban J connectivity index is 1.42. The Morgan fingerprint density at radius 2 is 1.85 bits per heavy atom. The summed E-state index contributed by atoms with van der Waals surface area (Å²) in [6, 6.07) is 5.52. The molecule has 1 aliphatic heterocycles. The summed E-state index contributed by atoms with van der Waals surface area (Å²) in [5.41, 5.74) is -0.203. The highest BCUT2D eigenvalue weighted by Gasteiger charge is 2.37. The molecule has 0 unspecified atom stereocenters. The van der Waals surface area contributed by atoms with Gasteiger partial charge in [0.2, 0.25) is 0 Å². The lowest BCUT2D eigenvalue weighted by Crippen LogP contribution is -2.49. The van der Waals surface area contributed by atoms with Gasteiger partial charge in [-0.25, -0.2) is 9.37 Å². The van der Waals surface area contributed by atoms with Crippen molar-refractivity contribution in [2.75, 3.05) is 31.1 Å². The van der Waals surface area contributed by atoms with Gasteiger partial charge >= 0.3 is 6.18 Å². The maximum atomic E-state index is 13.6. The Hall–Kier alpha value is -3.50. The zero-order valence-corrected chi connectivity index (χ0v) is 17.9. The molecule has 1 saturated heterocycles. The topological polar surface area (TPSA) is 78.0 Å². The van der Waals surface area contributed by atoms with E-state index in [1.807, 2.05) is 4.90 Å². The second-order valence-electron chi connectivity index (χ2n) is 7.75. The summed E-state index contributed by atoms with van der Waals surface area (Å²) in [6.07, 6.45) is -1.09. The maximum Gasteiger partial charge on any atom is 0.417 e. The lowest BCUT2D eigenvalue weighted by molar-refractivity contribution is -0.138. The van der Waals surface area contributed by atoms with Crippen molar-refractivity contribution in [1.29, 1.82) is 0 Å². The first kappa shape index (κ1) is 22.7. The van der Waals surface area contributed by atoms with Crippen molar-refractivity contribution in [1.82, 2.24) is 25.1 Å². The van der Waals surface area contributed by atoms with Crippen LogP contribution in [0.5, 0.6) is 0 Å². The van der Waals surface area contributed by atoms with Gasteiger partial charge < -0.3 is 14.8 Å². The lowest BCUT2D eigenvalue weighted by atomic mass is 10.0. The van der Waals surface area contributed by atoms with E-state index in [9.17, 15) is 22.4 Å². The molecule has 1 amide bonds. The van der Waals surface area contributed by atoms with Gasteiger partial charge in [0.25, 0.3) is 5.91 Å². The number of H-pyrrole nitrogens is 1. The number of amides is 1. The standard InChI is InChI=1S/C22H22F4N6O/c1-2-3-15-13-27-20(28-15)18-6-7-19(30-29-18)31-8-10-32(11-9-31)21(33)16-12-14(23)4-5-17(16)22(24,25)26/h4-7,12-13H,2-3,8-11H2,1H3,(H,27,28). The molecule has 4 rings (SSSR count). The smallest absolute Gasteiger partial charge is 0.352 e. The van der Waals surface area contributed by atoms with Crippen molar-refractivity contribution < 1.29 is 22.4 Å². The van der Waals surface area contributed by atoms with Gasteiger partial charge in [0.1, 0.15) is 11.5 Å². The Kier molecular flexibility index (Phi) is 6.30. The van der Waals surface area contributed by atoms with E-state index in [0.29, 0.717) is 48.6 Å². The van der Waals surface area contributed by atoms with Crippen LogP contribution in [0.4, 0.5) is 23.4 Å². The number of imidazole rings is 1. The third kappa shape index (κ3) is 4.96. The minimum atomic E-state index is -4.75. The van der Waals surface area contributed by atoms with E-state index in [2.05, 4.69) is 27.1 Å². The predicted octanol–water partition coefficient (Wildman–Crippen LogP) is 3.94. The molecule has 0 aliphatic carbocycles. The van der Waals surface area contributed by atoms with Crippen LogP contribution >= 0.6 is 0 Å². The number of alkyl halides is 3. The van der Waals surface area contributed by atoms with Crippen LogP contribution in [-0.2, 0) is 12.6 Å². The minimum Gasteiger partial charge on any atom is -0.352 e. The Labute approximate surface area is 187 Å². The number of aromatic amines is 1. The molecule has 7 nitrogen and oxygen atoms in total. The highest BCUT2D eigenvalue weighted by molar-refractivity contribution is 5.96. The normalized spacial score (nSPS) is 14.6. The second-order valence-corrected chi connectivity index (χ2v) is 7.75. The van der Waals surface area contributed by atoms with E-state index < -0.39 is 29.0 Å². The van der Waals surface area contributed by atoms with Gasteiger partial charge in [0.15, 0.2) is 11.6 Å². The molecule has 3 aromatic rings. The molecular weight excluding hydrogens is 440 g/mol. The van der Waals surface area contributed by atoms with E-state index in [1.54, 1.807) is 18.3 Å². The van der Waals surface area contributed by atoms with Crippen LogP contribution in [-0.4, -0.2) is 57.2 Å². The van der Waals surface area contributed by atoms with Gasteiger partial charge in [0, 0.05) is 38.1 Å². The number of carbonyl (C=O) groups excluding carboxylic acids is 1. The molecule has 3 heterocycles. The molecule has 0 atom stereocenters. The van der Waals surface area contributed by atoms with Crippen LogP contribution in [0.25, 0.3) is 11.5 Å². The van der Waals surface area contributed by atoms with Crippen molar-refractivity contribution >= 4 is 11.7 Å². The number of benzene rings is 1. The summed E-state index contributed by atoms with van der Waals surface area (Å²) in [4.78, 5) is 23.4. The average molecular weight is 462 g/mol. The van der Waals surface area contributed by atoms with E-state index in [0.717, 1.165) is 18.5 Å². The van der Waals surface area contributed by atoms with Crippen molar-refractivity contribution in [2.45, 2.75) is 25.9 Å². The molecule has 1 N–H and O–H groups in total. The lowest BCUT2D eigenvalue weighted by Gasteiger charge is -2.35. The summed E-state index contributed by atoms with van der Waals surface area (Å²) in [7, 11) is 0. The van der Waals surface area contributed by atoms with Crippen LogP contribution < -0.4 is 4.90 Å². The van der Waals surface area contributed by atoms with E-state index in [1.165, 1.54) is 4.90 Å². The van der Waals surface area contributed by atoms with Crippen molar-refractivity contribution in [3.8, 4) is 11.5 Å². The zero-order chi connectivity index (χ0) is 23.6. The Morgan fingerprint density at radius 1 is 1.09 bits per heavy atom. The molecule has 0 bridgehead atoms. The fraction of sp³-hybridized carbons (Fsp3) is 0.364. The first-order chi connectivity index (χ1) is 15.8. The van der Waals surface area contributed by atoms with Gasteiger partial charge in [-0.2, -0.15) is 13.2 Å². The van der Waals surface area contributed by atoms with Crippen LogP contribution in [0.1, 0.15) is 35.0 Å². The van der Waals surface area contributed by atoms with Crippen LogP contribution in [0.15, 0.2) is 36.5 Å². The van der Waals surface area contributed by atoms with Crippen LogP contribution in [0, 0.1) is 5.82 Å². The number of hydrogen-bond acceptors (Lipinski definition) is 5. The number of anilines is 1. The molecule has 174 valence electrons. The number of nitrogens with one attached hydrogen (secondary N) is 1. The number of piperazine rings is 1. The van der Waals surface area contributed by atoms with Crippen molar-refractivity contribution in [2.24, 2.45) is 0 Å². The molecule has 1 aromatic carbocycles. The summed E-state index contributed by atoms with van der Waals surface area (Å²) in [5.74, 6) is -0.515. The van der Waals surface area contributed by atoms with Gasteiger partial charge in [-0.3, -0.25) is 4.79 Å². The van der Waals surface area contributed by atoms with Gasteiger partial charge in [0.05, 0.1) is 11.1 Å². The van der Waals surface area contributed by atoms with Gasteiger partial charge in [-0.1, -0.05) is 13.3 Å². The van der Waals surface area contributed by atoms with Gasteiger partial charge in [-0.05, 0) is 36.8 Å². The second kappa shape index (κ2) is 9.16. The van der Waals surface area contributed by atoms with E-state index in [4.69, 9.17) is 0 Å². The predicted molar refractivity (Wildman–Crippen MR) is 113 cm³/mol. The fourth-order valence-corrected chi connectivity index (χ4v) is 3.76. The average Bonchev–Trinajstić information content (AvgIpc) is 3.27. The summed E-state index contributed by atoms with van der Waals surface area (Å²) in [5, 5.41) is 8.45. The van der Waals surface area contributed by atoms with Crippen LogP contribution in [0.3, 0.4) is 0 Å². The summed E-state index contributed by atoms with van der Waals surface area (Å²) in [6.45, 7) is 3.15. The first-order valence-corrected chi connectivity index (χ1v) is 10.5. The zero-order valence-electron chi connectivity index (χ0n) is 17.9. The largest absolute Gasteiger partial charge is 0.417 e. The molecule has 11 heteroatoms. The number of aryl methyl sites for hydroxylation is 1. The number of rotatable bonds is 5. The molecule has 1 aliphatic rings. The third-order valence-electron chi connectivity index (χ3n) is 5.45. The highest BCUT2D eigenvalue weighted by atomic mass is 19.4. The number of hydrogen-bond donors (Lipinski definition) is 1. The molecule has 2 aromatic heterocycles. The third-order valence-corrected chi connectivity index (χ3v) is 5.45. The van der Waals surface area contributed by atoms with Crippen LogP contribution in [0.2, 0.25) is 0 Å². The number of carbonyl (C=O) groups is 1. The fourth-order valence-electron chi connectivity index (χ4n) is 3.76. The summed E-state index contributed by atoms with van der Waals surface area (Å²) < 4.78 is 53.4. The quantitative estimate of drug-likeness (QED) is 0.582. The number of aromatic nitrogens is 4. The Bertz CT molecular complexity index is 1120. The molecule has 33 heavy (non-hydrogen) atoms.